The molecule has 1 aromatic carbocycles. The van der Waals surface area contributed by atoms with Crippen LogP contribution in [0.5, 0.6) is 0 Å². The molecule has 6 heteroatoms. The quantitative estimate of drug-likeness (QED) is 0.518. The number of nitrogens with two attached hydrogens (primary N) is 1. The van der Waals surface area contributed by atoms with Gasteiger partial charge in [-0.3, -0.25) is 14.9 Å². The van der Waals surface area contributed by atoms with Gasteiger partial charge in [-0.15, -0.1) is 0 Å². The summed E-state index contributed by atoms with van der Waals surface area (Å²) in [7, 11) is 0. The number of benzene rings is 1. The van der Waals surface area contributed by atoms with Crippen LogP contribution >= 0.6 is 0 Å². The van der Waals surface area contributed by atoms with E-state index >= 15 is 0 Å². The van der Waals surface area contributed by atoms with Crippen LogP contribution in [0.25, 0.3) is 0 Å². The fourth-order valence-corrected chi connectivity index (χ4v) is 2.48. The van der Waals surface area contributed by atoms with Crippen LogP contribution in [0.15, 0.2) is 24.3 Å². The van der Waals surface area contributed by atoms with E-state index in [4.69, 9.17) is 10.5 Å². The van der Waals surface area contributed by atoms with E-state index in [1.165, 1.54) is 6.07 Å². The predicted molar refractivity (Wildman–Crippen MR) is 72.9 cm³/mol. The average Bonchev–Trinajstić information content (AvgIpc) is 2.45. The second kappa shape index (κ2) is 6.00. The molecule has 0 saturated heterocycles. The lowest BCUT2D eigenvalue weighted by atomic mass is 9.83. The van der Waals surface area contributed by atoms with Crippen LogP contribution in [0.1, 0.15) is 37.7 Å². The second-order valence-electron chi connectivity index (χ2n) is 5.18. The van der Waals surface area contributed by atoms with Gasteiger partial charge in [0.1, 0.15) is 12.1 Å². The van der Waals surface area contributed by atoms with Gasteiger partial charge in [-0.2, -0.15) is 0 Å². The standard InChI is InChI=1S/C14H18N2O4/c15-14(8-4-1-5-9-14)13(17)20-10-11-6-2-3-7-12(11)16(18)19/h2-3,6-7H,1,4-5,8-10,15H2. The molecule has 6 nitrogen and oxygen atoms in total. The summed E-state index contributed by atoms with van der Waals surface area (Å²) in [6.45, 7) is -0.116. The number of nitro benzene ring substituents is 1. The molecule has 1 aliphatic rings. The van der Waals surface area contributed by atoms with Crippen LogP contribution in [0.2, 0.25) is 0 Å². The first kappa shape index (κ1) is 14.5. The fourth-order valence-electron chi connectivity index (χ4n) is 2.48. The van der Waals surface area contributed by atoms with Crippen LogP contribution < -0.4 is 5.73 Å². The highest BCUT2D eigenvalue weighted by Crippen LogP contribution is 2.28. The summed E-state index contributed by atoms with van der Waals surface area (Å²) in [6, 6.07) is 6.22. The lowest BCUT2D eigenvalue weighted by Gasteiger charge is -2.30. The monoisotopic (exact) mass is 278 g/mol. The van der Waals surface area contributed by atoms with Crippen molar-refractivity contribution in [2.24, 2.45) is 5.73 Å². The fraction of sp³-hybridized carbons (Fsp3) is 0.500. The molecule has 2 rings (SSSR count). The van der Waals surface area contributed by atoms with Gasteiger partial charge in [-0.1, -0.05) is 31.4 Å². The Morgan fingerprint density at radius 3 is 2.60 bits per heavy atom. The molecule has 1 aliphatic carbocycles. The van der Waals surface area contributed by atoms with Gasteiger partial charge in [0.25, 0.3) is 5.69 Å². The van der Waals surface area contributed by atoms with E-state index in [2.05, 4.69) is 0 Å². The highest BCUT2D eigenvalue weighted by Gasteiger charge is 2.37. The van der Waals surface area contributed by atoms with Crippen molar-refractivity contribution in [3.8, 4) is 0 Å². The molecule has 0 unspecified atom stereocenters. The number of rotatable bonds is 4. The van der Waals surface area contributed by atoms with Crippen LogP contribution in [0.3, 0.4) is 0 Å². The van der Waals surface area contributed by atoms with Crippen molar-refractivity contribution in [3.05, 3.63) is 39.9 Å². The van der Waals surface area contributed by atoms with Gasteiger partial charge in [0.2, 0.25) is 0 Å². The Labute approximate surface area is 117 Å². The van der Waals surface area contributed by atoms with Crippen LogP contribution in [-0.4, -0.2) is 16.4 Å². The minimum atomic E-state index is -0.929. The van der Waals surface area contributed by atoms with Crippen LogP contribution in [-0.2, 0) is 16.1 Å². The summed E-state index contributed by atoms with van der Waals surface area (Å²) in [6.07, 6.45) is 4.13. The number of carbonyl (C=O) groups excluding carboxylic acids is 1. The van der Waals surface area contributed by atoms with E-state index in [1.54, 1.807) is 18.2 Å². The minimum Gasteiger partial charge on any atom is -0.459 e. The number of nitro groups is 1. The predicted octanol–water partition coefficient (Wildman–Crippen LogP) is 2.30. The highest BCUT2D eigenvalue weighted by molar-refractivity contribution is 5.80. The van der Waals surface area contributed by atoms with Gasteiger partial charge in [-0.05, 0) is 18.9 Å². The van der Waals surface area contributed by atoms with Crippen molar-refractivity contribution >= 4 is 11.7 Å². The smallest absolute Gasteiger partial charge is 0.326 e. The largest absolute Gasteiger partial charge is 0.459 e. The molecule has 1 saturated carbocycles. The van der Waals surface area contributed by atoms with E-state index in [9.17, 15) is 14.9 Å². The van der Waals surface area contributed by atoms with Crippen molar-refractivity contribution in [2.75, 3.05) is 0 Å². The third kappa shape index (κ3) is 3.14. The Morgan fingerprint density at radius 2 is 1.95 bits per heavy atom. The lowest BCUT2D eigenvalue weighted by molar-refractivity contribution is -0.385. The molecule has 0 heterocycles. The third-order valence-corrected chi connectivity index (χ3v) is 3.70. The van der Waals surface area contributed by atoms with Crippen LogP contribution in [0.4, 0.5) is 5.69 Å². The normalized spacial score (nSPS) is 17.4. The lowest BCUT2D eigenvalue weighted by Crippen LogP contribution is -2.50. The molecule has 1 fully saturated rings. The summed E-state index contributed by atoms with van der Waals surface area (Å²) in [5.41, 5.74) is 5.46. The maximum absolute atomic E-state index is 12.1. The zero-order chi connectivity index (χ0) is 14.6. The van der Waals surface area contributed by atoms with Gasteiger partial charge in [0, 0.05) is 6.07 Å². The maximum atomic E-state index is 12.1. The van der Waals surface area contributed by atoms with Crippen molar-refractivity contribution in [1.82, 2.24) is 0 Å². The Kier molecular flexibility index (Phi) is 4.34. The molecule has 0 aromatic heterocycles. The molecule has 2 N–H and O–H groups in total. The first-order chi connectivity index (χ1) is 9.53. The van der Waals surface area contributed by atoms with Gasteiger partial charge in [0.05, 0.1) is 10.5 Å². The molecule has 0 spiro atoms. The van der Waals surface area contributed by atoms with Gasteiger partial charge in [0.15, 0.2) is 0 Å². The van der Waals surface area contributed by atoms with E-state index < -0.39 is 16.4 Å². The number of ether oxygens (including phenoxy) is 1. The number of hydrogen-bond donors (Lipinski definition) is 1. The highest BCUT2D eigenvalue weighted by atomic mass is 16.6. The molecule has 0 radical (unpaired) electrons. The summed E-state index contributed by atoms with van der Waals surface area (Å²) in [4.78, 5) is 22.4. The van der Waals surface area contributed by atoms with E-state index in [0.29, 0.717) is 18.4 Å². The summed E-state index contributed by atoms with van der Waals surface area (Å²) in [5.74, 6) is -0.463. The van der Waals surface area contributed by atoms with E-state index in [0.717, 1.165) is 19.3 Å². The zero-order valence-electron chi connectivity index (χ0n) is 11.2. The Bertz CT molecular complexity index is 510. The van der Waals surface area contributed by atoms with Crippen LogP contribution in [0, 0.1) is 10.1 Å². The van der Waals surface area contributed by atoms with Crippen molar-refractivity contribution in [2.45, 2.75) is 44.2 Å². The number of carbonyl (C=O) groups is 1. The molecule has 0 atom stereocenters. The number of esters is 1. The van der Waals surface area contributed by atoms with E-state index in [1.807, 2.05) is 0 Å². The molecule has 1 aromatic rings. The summed E-state index contributed by atoms with van der Waals surface area (Å²) in [5, 5.41) is 10.9. The SMILES string of the molecule is NC1(C(=O)OCc2ccccc2[N+](=O)[O-])CCCCC1. The summed E-state index contributed by atoms with van der Waals surface area (Å²) >= 11 is 0. The molecule has 108 valence electrons. The van der Waals surface area contributed by atoms with Crippen molar-refractivity contribution < 1.29 is 14.5 Å². The Hall–Kier alpha value is -1.95. The van der Waals surface area contributed by atoms with Crippen molar-refractivity contribution in [3.63, 3.8) is 0 Å². The molecular formula is C14H18N2O4. The number of hydrogen-bond acceptors (Lipinski definition) is 5. The molecule has 0 amide bonds. The van der Waals surface area contributed by atoms with E-state index in [-0.39, 0.29) is 12.3 Å². The molecule has 0 aliphatic heterocycles. The van der Waals surface area contributed by atoms with Gasteiger partial charge >= 0.3 is 5.97 Å². The molecule has 0 bridgehead atoms. The zero-order valence-corrected chi connectivity index (χ0v) is 11.2. The first-order valence-corrected chi connectivity index (χ1v) is 6.71. The molecular weight excluding hydrogens is 260 g/mol. The third-order valence-electron chi connectivity index (χ3n) is 3.70. The second-order valence-corrected chi connectivity index (χ2v) is 5.18. The average molecular weight is 278 g/mol. The number of nitrogens with zero attached hydrogens (tertiary/aromatic N) is 1. The van der Waals surface area contributed by atoms with Crippen molar-refractivity contribution in [1.29, 1.82) is 0 Å². The molecule has 20 heavy (non-hydrogen) atoms. The topological polar surface area (TPSA) is 95.5 Å². The minimum absolute atomic E-state index is 0.0463. The maximum Gasteiger partial charge on any atom is 0.326 e. The first-order valence-electron chi connectivity index (χ1n) is 6.71. The Morgan fingerprint density at radius 1 is 1.30 bits per heavy atom. The summed E-state index contributed by atoms with van der Waals surface area (Å²) < 4.78 is 5.19. The number of para-hydroxylation sites is 1. The Balaban J connectivity index is 2.02. The van der Waals surface area contributed by atoms with Gasteiger partial charge < -0.3 is 10.5 Å². The van der Waals surface area contributed by atoms with Gasteiger partial charge in [-0.25, -0.2) is 0 Å².